The minimum atomic E-state index is 0. The standard InChI is InChI=1S/C11H14N4OS.2ClH/c16-10-7-9(8-14-3-1-12-2-4-14)13-11-15(10)5-6-17-11;;/h5-7,12H,1-4,8H2;2*1H. The zero-order valence-electron chi connectivity index (χ0n) is 10.2. The number of rotatable bonds is 2. The van der Waals surface area contributed by atoms with E-state index in [1.165, 1.54) is 11.3 Å². The topological polar surface area (TPSA) is 49.6 Å². The van der Waals surface area contributed by atoms with Crippen LogP contribution in [0.15, 0.2) is 22.4 Å². The molecule has 2 aromatic heterocycles. The van der Waals surface area contributed by atoms with Gasteiger partial charge < -0.3 is 5.32 Å². The highest BCUT2D eigenvalue weighted by Crippen LogP contribution is 2.08. The maximum absolute atomic E-state index is 11.8. The van der Waals surface area contributed by atoms with Gasteiger partial charge in [-0.05, 0) is 0 Å². The maximum Gasteiger partial charge on any atom is 0.258 e. The number of aromatic nitrogens is 2. The molecular formula is C11H16Cl2N4OS. The molecule has 0 spiro atoms. The molecule has 0 aliphatic carbocycles. The summed E-state index contributed by atoms with van der Waals surface area (Å²) in [6.45, 7) is 4.84. The van der Waals surface area contributed by atoms with E-state index < -0.39 is 0 Å². The SMILES string of the molecule is Cl.Cl.O=c1cc(CN2CCNCC2)nc2sccn12. The fourth-order valence-corrected chi connectivity index (χ4v) is 2.81. The van der Waals surface area contributed by atoms with Crippen LogP contribution in [0.4, 0.5) is 0 Å². The molecule has 1 saturated heterocycles. The second kappa shape index (κ2) is 7.21. The van der Waals surface area contributed by atoms with Gasteiger partial charge in [-0.3, -0.25) is 14.1 Å². The summed E-state index contributed by atoms with van der Waals surface area (Å²) in [5.41, 5.74) is 0.890. The Balaban J connectivity index is 0.000000902. The molecule has 0 saturated carbocycles. The molecule has 0 aromatic carbocycles. The average molecular weight is 323 g/mol. The molecule has 1 aliphatic rings. The summed E-state index contributed by atoms with van der Waals surface area (Å²) in [4.78, 5) is 19.4. The van der Waals surface area contributed by atoms with Crippen molar-refractivity contribution in [3.63, 3.8) is 0 Å². The van der Waals surface area contributed by atoms with Gasteiger partial charge in [-0.15, -0.1) is 36.2 Å². The number of fused-ring (bicyclic) bond motifs is 1. The highest BCUT2D eigenvalue weighted by atomic mass is 35.5. The normalized spacial score (nSPS) is 15.8. The summed E-state index contributed by atoms with van der Waals surface area (Å²) < 4.78 is 1.59. The van der Waals surface area contributed by atoms with Crippen molar-refractivity contribution < 1.29 is 0 Å². The average Bonchev–Trinajstić information content (AvgIpc) is 2.79. The van der Waals surface area contributed by atoms with Crippen LogP contribution in [0.1, 0.15) is 5.69 Å². The van der Waals surface area contributed by atoms with E-state index in [0.717, 1.165) is 43.4 Å². The molecule has 8 heteroatoms. The molecule has 19 heavy (non-hydrogen) atoms. The Morgan fingerprint density at radius 3 is 2.79 bits per heavy atom. The van der Waals surface area contributed by atoms with Crippen molar-refractivity contribution in [2.75, 3.05) is 26.2 Å². The molecule has 0 amide bonds. The second-order valence-electron chi connectivity index (χ2n) is 4.17. The number of piperazine rings is 1. The van der Waals surface area contributed by atoms with E-state index in [2.05, 4.69) is 15.2 Å². The number of halogens is 2. The van der Waals surface area contributed by atoms with Crippen LogP contribution < -0.4 is 10.9 Å². The molecule has 0 atom stereocenters. The smallest absolute Gasteiger partial charge is 0.258 e. The lowest BCUT2D eigenvalue weighted by atomic mass is 10.3. The van der Waals surface area contributed by atoms with Crippen LogP contribution >= 0.6 is 36.2 Å². The maximum atomic E-state index is 11.8. The number of nitrogens with one attached hydrogen (secondary N) is 1. The fraction of sp³-hybridized carbons (Fsp3) is 0.455. The van der Waals surface area contributed by atoms with Crippen LogP contribution in [-0.4, -0.2) is 40.5 Å². The number of nitrogens with zero attached hydrogens (tertiary/aromatic N) is 3. The van der Waals surface area contributed by atoms with E-state index in [0.29, 0.717) is 0 Å². The first kappa shape index (κ1) is 16.4. The first-order valence-corrected chi connectivity index (χ1v) is 6.60. The zero-order valence-corrected chi connectivity index (χ0v) is 12.7. The highest BCUT2D eigenvalue weighted by molar-refractivity contribution is 7.15. The number of thiazole rings is 1. The van der Waals surface area contributed by atoms with Crippen LogP contribution in [0, 0.1) is 0 Å². The summed E-state index contributed by atoms with van der Waals surface area (Å²) in [7, 11) is 0. The molecule has 3 rings (SSSR count). The van der Waals surface area contributed by atoms with Crippen LogP contribution in [0.25, 0.3) is 4.96 Å². The zero-order chi connectivity index (χ0) is 11.7. The van der Waals surface area contributed by atoms with Crippen molar-refractivity contribution in [1.29, 1.82) is 0 Å². The van der Waals surface area contributed by atoms with Crippen LogP contribution in [0.2, 0.25) is 0 Å². The van der Waals surface area contributed by atoms with Crippen molar-refractivity contribution in [3.8, 4) is 0 Å². The monoisotopic (exact) mass is 322 g/mol. The van der Waals surface area contributed by atoms with Gasteiger partial charge in [0.25, 0.3) is 5.56 Å². The Kier molecular flexibility index (Phi) is 6.22. The molecule has 0 unspecified atom stereocenters. The molecule has 106 valence electrons. The third kappa shape index (κ3) is 3.67. The summed E-state index contributed by atoms with van der Waals surface area (Å²) in [5.74, 6) is 0. The first-order valence-electron chi connectivity index (χ1n) is 5.72. The van der Waals surface area contributed by atoms with Gasteiger partial charge in [0.15, 0.2) is 4.96 Å². The largest absolute Gasteiger partial charge is 0.314 e. The highest BCUT2D eigenvalue weighted by Gasteiger charge is 2.11. The second-order valence-corrected chi connectivity index (χ2v) is 5.04. The van der Waals surface area contributed by atoms with Gasteiger partial charge in [-0.25, -0.2) is 4.98 Å². The lowest BCUT2D eigenvalue weighted by molar-refractivity contribution is 0.231. The molecule has 1 aliphatic heterocycles. The summed E-state index contributed by atoms with van der Waals surface area (Å²) >= 11 is 1.50. The predicted octanol–water partition coefficient (Wildman–Crippen LogP) is 1.00. The lowest BCUT2D eigenvalue weighted by Gasteiger charge is -2.26. The van der Waals surface area contributed by atoms with Gasteiger partial charge in [-0.1, -0.05) is 0 Å². The number of hydrogen-bond donors (Lipinski definition) is 1. The molecule has 0 radical (unpaired) electrons. The van der Waals surface area contributed by atoms with Gasteiger partial charge in [0.2, 0.25) is 0 Å². The van der Waals surface area contributed by atoms with Crippen molar-refractivity contribution in [1.82, 2.24) is 19.6 Å². The fourth-order valence-electron chi connectivity index (χ4n) is 2.07. The first-order chi connectivity index (χ1) is 8.33. The summed E-state index contributed by atoms with van der Waals surface area (Å²) in [6.07, 6.45) is 1.77. The van der Waals surface area contributed by atoms with Crippen molar-refractivity contribution in [3.05, 3.63) is 33.7 Å². The third-order valence-corrected chi connectivity index (χ3v) is 3.71. The molecule has 0 bridgehead atoms. The minimum Gasteiger partial charge on any atom is -0.314 e. The van der Waals surface area contributed by atoms with Gasteiger partial charge in [-0.2, -0.15) is 0 Å². The quantitative estimate of drug-likeness (QED) is 0.896. The molecule has 2 aromatic rings. The van der Waals surface area contributed by atoms with E-state index in [9.17, 15) is 4.79 Å². The van der Waals surface area contributed by atoms with E-state index in [1.807, 2.05) is 5.38 Å². The third-order valence-electron chi connectivity index (χ3n) is 2.95. The Bertz CT molecular complexity index is 579. The van der Waals surface area contributed by atoms with E-state index in [-0.39, 0.29) is 30.4 Å². The van der Waals surface area contributed by atoms with Crippen LogP contribution in [0.3, 0.4) is 0 Å². The van der Waals surface area contributed by atoms with Gasteiger partial charge in [0.1, 0.15) is 0 Å². The van der Waals surface area contributed by atoms with Crippen LogP contribution in [-0.2, 0) is 6.54 Å². The summed E-state index contributed by atoms with van der Waals surface area (Å²) in [5, 5.41) is 5.20. The van der Waals surface area contributed by atoms with Gasteiger partial charge in [0.05, 0.1) is 5.69 Å². The minimum absolute atomic E-state index is 0. The van der Waals surface area contributed by atoms with Crippen molar-refractivity contribution in [2.45, 2.75) is 6.54 Å². The molecular weight excluding hydrogens is 307 g/mol. The number of hydrogen-bond acceptors (Lipinski definition) is 5. The predicted molar refractivity (Wildman–Crippen MR) is 82.0 cm³/mol. The van der Waals surface area contributed by atoms with E-state index >= 15 is 0 Å². The lowest BCUT2D eigenvalue weighted by Crippen LogP contribution is -2.43. The molecule has 1 N–H and O–H groups in total. The van der Waals surface area contributed by atoms with Crippen molar-refractivity contribution >= 4 is 41.1 Å². The van der Waals surface area contributed by atoms with Crippen LogP contribution in [0.5, 0.6) is 0 Å². The molecule has 5 nitrogen and oxygen atoms in total. The van der Waals surface area contributed by atoms with Gasteiger partial charge >= 0.3 is 0 Å². The Morgan fingerprint density at radius 2 is 2.05 bits per heavy atom. The summed E-state index contributed by atoms with van der Waals surface area (Å²) in [6, 6.07) is 1.64. The Labute approximate surface area is 127 Å². The van der Waals surface area contributed by atoms with E-state index in [1.54, 1.807) is 16.7 Å². The molecule has 3 heterocycles. The Morgan fingerprint density at radius 1 is 1.32 bits per heavy atom. The molecule has 1 fully saturated rings. The van der Waals surface area contributed by atoms with E-state index in [4.69, 9.17) is 0 Å². The van der Waals surface area contributed by atoms with Crippen molar-refractivity contribution in [2.24, 2.45) is 0 Å². The van der Waals surface area contributed by atoms with Gasteiger partial charge in [0, 0.05) is 50.4 Å². The Hall–Kier alpha value is -0.660.